The van der Waals surface area contributed by atoms with Crippen molar-refractivity contribution in [2.24, 2.45) is 33.7 Å². The van der Waals surface area contributed by atoms with Crippen molar-refractivity contribution in [2.75, 3.05) is 6.61 Å². The van der Waals surface area contributed by atoms with Gasteiger partial charge >= 0.3 is 5.97 Å². The van der Waals surface area contributed by atoms with Crippen LogP contribution in [0.5, 0.6) is 0 Å². The highest BCUT2D eigenvalue weighted by atomic mass is 16.5. The second kappa shape index (κ2) is 10.1. The van der Waals surface area contributed by atoms with Gasteiger partial charge in [-0.05, 0) is 86.7 Å². The molecule has 1 aromatic rings. The Kier molecular flexibility index (Phi) is 6.95. The standard InChI is InChI=1S/C32H42N2O6/c1-29-13-10-25-26(32(29,39)16-12-24(29)22-17-28(37)40-19-22)11-15-31(38)18-23(35)9-14-30(25,31)20-33-34-27(36)8-7-21-5-3-2-4-6-21/h2-6,17,20,23-26,35,38-39H,7-16,18-19H2,1H3,(H,34,36)/b33-20-/t23-,24-,25+,26-,29-,30+,31-,32-/m1/s1. The van der Waals surface area contributed by atoms with Crippen LogP contribution in [0.15, 0.2) is 47.1 Å². The van der Waals surface area contributed by atoms with E-state index in [1.165, 1.54) is 0 Å². The van der Waals surface area contributed by atoms with E-state index >= 15 is 0 Å². The van der Waals surface area contributed by atoms with Crippen LogP contribution in [0.3, 0.4) is 0 Å². The van der Waals surface area contributed by atoms with E-state index in [2.05, 4.69) is 17.5 Å². The maximum Gasteiger partial charge on any atom is 0.331 e. The van der Waals surface area contributed by atoms with Gasteiger partial charge in [-0.3, -0.25) is 4.79 Å². The number of esters is 1. The van der Waals surface area contributed by atoms with Gasteiger partial charge in [0, 0.05) is 36.0 Å². The van der Waals surface area contributed by atoms with Gasteiger partial charge in [0.2, 0.25) is 5.91 Å². The van der Waals surface area contributed by atoms with Gasteiger partial charge in [0.05, 0.1) is 17.3 Å². The third-order valence-electron chi connectivity index (χ3n) is 11.6. The number of aliphatic hydroxyl groups excluding tert-OH is 1. The number of nitrogens with zero attached hydrogens (tertiary/aromatic N) is 1. The third-order valence-corrected chi connectivity index (χ3v) is 11.6. The summed E-state index contributed by atoms with van der Waals surface area (Å²) < 4.78 is 5.24. The number of hydrazone groups is 1. The largest absolute Gasteiger partial charge is 0.458 e. The van der Waals surface area contributed by atoms with Gasteiger partial charge in [-0.2, -0.15) is 5.10 Å². The van der Waals surface area contributed by atoms with E-state index < -0.39 is 22.7 Å². The van der Waals surface area contributed by atoms with Crippen molar-refractivity contribution >= 4 is 18.1 Å². The average molecular weight is 551 g/mol. The fourth-order valence-corrected chi connectivity index (χ4v) is 9.54. The summed E-state index contributed by atoms with van der Waals surface area (Å²) in [6, 6.07) is 9.85. The van der Waals surface area contributed by atoms with Gasteiger partial charge in [0.25, 0.3) is 0 Å². The molecule has 0 bridgehead atoms. The van der Waals surface area contributed by atoms with Crippen LogP contribution >= 0.6 is 0 Å². The number of aryl methyl sites for hydroxylation is 1. The van der Waals surface area contributed by atoms with E-state index in [-0.39, 0.29) is 41.5 Å². The molecule has 4 fully saturated rings. The Morgan fingerprint density at radius 3 is 2.60 bits per heavy atom. The number of rotatable bonds is 6. The first-order chi connectivity index (χ1) is 19.1. The van der Waals surface area contributed by atoms with Crippen molar-refractivity contribution in [2.45, 2.75) is 94.9 Å². The number of ether oxygens (including phenoxy) is 1. The lowest BCUT2D eigenvalue weighted by Crippen LogP contribution is -2.68. The molecule has 5 aliphatic rings. The lowest BCUT2D eigenvalue weighted by atomic mass is 9.41. The molecule has 0 radical (unpaired) electrons. The van der Waals surface area contributed by atoms with Gasteiger partial charge in [-0.15, -0.1) is 0 Å². The van der Waals surface area contributed by atoms with Crippen molar-refractivity contribution in [3.05, 3.63) is 47.5 Å². The third kappa shape index (κ3) is 4.25. The highest BCUT2D eigenvalue weighted by molar-refractivity contribution is 5.85. The smallest absolute Gasteiger partial charge is 0.331 e. The van der Waals surface area contributed by atoms with Crippen LogP contribution in [0.25, 0.3) is 0 Å². The van der Waals surface area contributed by atoms with Crippen molar-refractivity contribution in [1.82, 2.24) is 5.43 Å². The number of fused-ring (bicyclic) bond motifs is 5. The molecule has 8 heteroatoms. The van der Waals surface area contributed by atoms with Crippen LogP contribution in [-0.2, 0) is 20.7 Å². The van der Waals surface area contributed by atoms with Crippen molar-refractivity contribution in [1.29, 1.82) is 0 Å². The molecule has 0 spiro atoms. The Balaban J connectivity index is 1.25. The van der Waals surface area contributed by atoms with Crippen LogP contribution in [-0.4, -0.2) is 57.3 Å². The summed E-state index contributed by atoms with van der Waals surface area (Å²) in [4.78, 5) is 24.5. The van der Waals surface area contributed by atoms with Crippen LogP contribution < -0.4 is 5.43 Å². The normalized spacial score (nSPS) is 42.5. The molecule has 4 aliphatic carbocycles. The van der Waals surface area contributed by atoms with Gasteiger partial charge in [-0.1, -0.05) is 37.3 Å². The number of carbonyl (C=O) groups excluding carboxylic acids is 2. The minimum absolute atomic E-state index is 0.0315. The van der Waals surface area contributed by atoms with E-state index in [1.807, 2.05) is 30.3 Å². The minimum atomic E-state index is -1.15. The van der Waals surface area contributed by atoms with Crippen molar-refractivity contribution < 1.29 is 29.6 Å². The first kappa shape index (κ1) is 27.6. The molecule has 0 aromatic heterocycles. The molecular formula is C32H42N2O6. The number of hydrogen-bond donors (Lipinski definition) is 4. The Labute approximate surface area is 235 Å². The number of hydrogen-bond acceptors (Lipinski definition) is 7. The van der Waals surface area contributed by atoms with Crippen LogP contribution in [0.2, 0.25) is 0 Å². The Morgan fingerprint density at radius 2 is 1.85 bits per heavy atom. The molecule has 216 valence electrons. The lowest BCUT2D eigenvalue weighted by molar-refractivity contribution is -0.237. The molecule has 4 saturated carbocycles. The summed E-state index contributed by atoms with van der Waals surface area (Å²) in [6.45, 7) is 2.48. The topological polar surface area (TPSA) is 128 Å². The number of carbonyl (C=O) groups is 2. The molecule has 8 nitrogen and oxygen atoms in total. The maximum absolute atomic E-state index is 12.7. The fraction of sp³-hybridized carbons (Fsp3) is 0.656. The number of nitrogens with one attached hydrogen (secondary N) is 1. The molecular weight excluding hydrogens is 508 g/mol. The second-order valence-electron chi connectivity index (χ2n) is 13.3. The summed E-state index contributed by atoms with van der Waals surface area (Å²) in [5, 5.41) is 39.6. The molecule has 8 atom stereocenters. The van der Waals surface area contributed by atoms with E-state index in [0.29, 0.717) is 51.6 Å². The van der Waals surface area contributed by atoms with E-state index in [0.717, 1.165) is 30.4 Å². The molecule has 0 saturated heterocycles. The molecule has 1 aliphatic heterocycles. The summed E-state index contributed by atoms with van der Waals surface area (Å²) in [6.07, 6.45) is 9.25. The number of benzene rings is 1. The zero-order valence-corrected chi connectivity index (χ0v) is 23.3. The molecule has 1 heterocycles. The molecule has 4 N–H and O–H groups in total. The molecule has 0 unspecified atom stereocenters. The molecule has 1 amide bonds. The van der Waals surface area contributed by atoms with E-state index in [1.54, 1.807) is 12.3 Å². The number of amides is 1. The number of cyclic esters (lactones) is 1. The van der Waals surface area contributed by atoms with Crippen LogP contribution in [0.4, 0.5) is 0 Å². The Morgan fingerprint density at radius 1 is 1.07 bits per heavy atom. The summed E-state index contributed by atoms with van der Waals surface area (Å²) in [7, 11) is 0. The Hall–Kier alpha value is -2.55. The minimum Gasteiger partial charge on any atom is -0.458 e. The van der Waals surface area contributed by atoms with Gasteiger partial charge in [0.1, 0.15) is 6.61 Å². The van der Waals surface area contributed by atoms with Gasteiger partial charge in [0.15, 0.2) is 0 Å². The fourth-order valence-electron chi connectivity index (χ4n) is 9.54. The average Bonchev–Trinajstić information content (AvgIpc) is 3.48. The second-order valence-corrected chi connectivity index (χ2v) is 13.3. The van der Waals surface area contributed by atoms with E-state index in [9.17, 15) is 24.9 Å². The summed E-state index contributed by atoms with van der Waals surface area (Å²) in [5.74, 6) is -0.473. The monoisotopic (exact) mass is 550 g/mol. The predicted molar refractivity (Wildman–Crippen MR) is 149 cm³/mol. The molecule has 40 heavy (non-hydrogen) atoms. The Bertz CT molecular complexity index is 1220. The summed E-state index contributed by atoms with van der Waals surface area (Å²) >= 11 is 0. The number of aliphatic hydroxyl groups is 3. The zero-order valence-electron chi connectivity index (χ0n) is 23.3. The first-order valence-electron chi connectivity index (χ1n) is 15.0. The van der Waals surface area contributed by atoms with Crippen LogP contribution in [0.1, 0.15) is 76.7 Å². The molecule has 1 aromatic carbocycles. The predicted octanol–water partition coefficient (Wildman–Crippen LogP) is 3.43. The van der Waals surface area contributed by atoms with Crippen LogP contribution in [0, 0.1) is 28.6 Å². The van der Waals surface area contributed by atoms with Crippen molar-refractivity contribution in [3.63, 3.8) is 0 Å². The van der Waals surface area contributed by atoms with E-state index in [4.69, 9.17) is 4.74 Å². The quantitative estimate of drug-likeness (QED) is 0.244. The molecule has 6 rings (SSSR count). The SMILES string of the molecule is C[C@]12CC[C@H]3[C@@H](CC[C@@]4(O)C[C@H](O)CC[C@]34/C=N\NC(=O)CCc3ccccc3)[C@]1(O)CC[C@@H]2C1=CC(=O)OC1. The van der Waals surface area contributed by atoms with Gasteiger partial charge < -0.3 is 20.1 Å². The highest BCUT2D eigenvalue weighted by Gasteiger charge is 2.71. The summed E-state index contributed by atoms with van der Waals surface area (Å²) in [5.41, 5.74) is 1.55. The highest BCUT2D eigenvalue weighted by Crippen LogP contribution is 2.70. The zero-order chi connectivity index (χ0) is 28.2. The first-order valence-corrected chi connectivity index (χ1v) is 15.0. The van der Waals surface area contributed by atoms with Crippen molar-refractivity contribution in [3.8, 4) is 0 Å². The van der Waals surface area contributed by atoms with Gasteiger partial charge in [-0.25, -0.2) is 10.2 Å². The lowest BCUT2D eigenvalue weighted by Gasteiger charge is -2.65. The maximum atomic E-state index is 12.7.